The lowest BCUT2D eigenvalue weighted by molar-refractivity contribution is 0.317. The Morgan fingerprint density at radius 3 is 2.79 bits per heavy atom. The second-order valence-corrected chi connectivity index (χ2v) is 5.79. The number of hydrogen-bond donors (Lipinski definition) is 1. The van der Waals surface area contributed by atoms with E-state index in [2.05, 4.69) is 37.8 Å². The van der Waals surface area contributed by atoms with Crippen molar-refractivity contribution in [3.63, 3.8) is 0 Å². The van der Waals surface area contributed by atoms with Crippen molar-refractivity contribution in [1.82, 2.24) is 0 Å². The molecule has 19 heavy (non-hydrogen) atoms. The summed E-state index contributed by atoms with van der Waals surface area (Å²) in [5.41, 5.74) is 8.00. The van der Waals surface area contributed by atoms with Crippen molar-refractivity contribution in [3.05, 3.63) is 18.2 Å². The number of rotatable bonds is 4. The molecule has 1 saturated heterocycles. The fourth-order valence-electron chi connectivity index (χ4n) is 2.72. The van der Waals surface area contributed by atoms with Gasteiger partial charge in [-0.05, 0) is 38.2 Å². The van der Waals surface area contributed by atoms with Crippen LogP contribution in [0, 0.1) is 5.92 Å². The number of anilines is 2. The van der Waals surface area contributed by atoms with Gasteiger partial charge in [0.2, 0.25) is 0 Å². The summed E-state index contributed by atoms with van der Waals surface area (Å²) in [5.74, 6) is 1.64. The van der Waals surface area contributed by atoms with Crippen LogP contribution in [0.1, 0.15) is 40.0 Å². The van der Waals surface area contributed by atoms with Gasteiger partial charge in [-0.25, -0.2) is 0 Å². The molecule has 1 fully saturated rings. The molecule has 0 spiro atoms. The van der Waals surface area contributed by atoms with Crippen LogP contribution < -0.4 is 15.4 Å². The second kappa shape index (κ2) is 6.18. The molecule has 0 amide bonds. The molecular weight excluding hydrogens is 236 g/mol. The largest absolute Gasteiger partial charge is 0.493 e. The van der Waals surface area contributed by atoms with Crippen molar-refractivity contribution in [3.8, 4) is 5.75 Å². The number of nitrogens with two attached hydrogens (primary N) is 1. The summed E-state index contributed by atoms with van der Waals surface area (Å²) in [6.07, 6.45) is 3.58. The molecule has 0 aromatic heterocycles. The zero-order chi connectivity index (χ0) is 13.8. The predicted molar refractivity (Wildman–Crippen MR) is 81.8 cm³/mol. The molecule has 1 aliphatic rings. The molecule has 2 N–H and O–H groups in total. The minimum absolute atomic E-state index is 0.581. The van der Waals surface area contributed by atoms with E-state index in [0.717, 1.165) is 36.9 Å². The van der Waals surface area contributed by atoms with Gasteiger partial charge in [-0.15, -0.1) is 0 Å². The molecule has 0 saturated carbocycles. The first-order valence-corrected chi connectivity index (χ1v) is 7.40. The Hall–Kier alpha value is -1.38. The van der Waals surface area contributed by atoms with Crippen LogP contribution in [-0.2, 0) is 0 Å². The van der Waals surface area contributed by atoms with Crippen molar-refractivity contribution in [1.29, 1.82) is 0 Å². The van der Waals surface area contributed by atoms with Crippen LogP contribution in [0.5, 0.6) is 5.75 Å². The van der Waals surface area contributed by atoms with Crippen LogP contribution in [0.25, 0.3) is 0 Å². The third-order valence-electron chi connectivity index (χ3n) is 3.84. The predicted octanol–water partition coefficient (Wildman–Crippen LogP) is 3.68. The molecule has 3 nitrogen and oxygen atoms in total. The lowest BCUT2D eigenvalue weighted by Crippen LogP contribution is -2.41. The molecular formula is C16H26N2O. The molecule has 0 aliphatic carbocycles. The molecule has 2 unspecified atom stereocenters. The fourth-order valence-corrected chi connectivity index (χ4v) is 2.72. The number of nitrogens with zero attached hydrogens (tertiary/aromatic N) is 1. The smallest absolute Gasteiger partial charge is 0.123 e. The van der Waals surface area contributed by atoms with Crippen LogP contribution in [-0.4, -0.2) is 19.2 Å². The van der Waals surface area contributed by atoms with Crippen LogP contribution in [0.15, 0.2) is 18.2 Å². The fraction of sp³-hybridized carbons (Fsp3) is 0.625. The number of benzene rings is 1. The molecule has 3 heteroatoms. The standard InChI is InChI=1S/C16H26N2O/c1-4-7-19-16-9-14(17)8-15(10-16)18-11-12(2)5-6-13(18)3/h8-10,12-13H,4-7,11,17H2,1-3H3. The Kier molecular flexibility index (Phi) is 4.56. The normalized spacial score (nSPS) is 23.4. The minimum Gasteiger partial charge on any atom is -0.493 e. The van der Waals surface area contributed by atoms with E-state index in [1.807, 2.05) is 6.07 Å². The Morgan fingerprint density at radius 2 is 2.05 bits per heavy atom. The first-order chi connectivity index (χ1) is 9.10. The lowest BCUT2D eigenvalue weighted by atomic mass is 9.94. The second-order valence-electron chi connectivity index (χ2n) is 5.79. The molecule has 1 heterocycles. The number of nitrogen functional groups attached to an aromatic ring is 1. The van der Waals surface area contributed by atoms with Gasteiger partial charge in [0, 0.05) is 36.1 Å². The molecule has 0 radical (unpaired) electrons. The maximum absolute atomic E-state index is 6.01. The first-order valence-electron chi connectivity index (χ1n) is 7.40. The highest BCUT2D eigenvalue weighted by molar-refractivity contribution is 5.61. The van der Waals surface area contributed by atoms with Gasteiger partial charge in [-0.1, -0.05) is 13.8 Å². The number of ether oxygens (including phenoxy) is 1. The zero-order valence-electron chi connectivity index (χ0n) is 12.4. The Morgan fingerprint density at radius 1 is 1.26 bits per heavy atom. The molecule has 0 bridgehead atoms. The van der Waals surface area contributed by atoms with Crippen LogP contribution in [0.2, 0.25) is 0 Å². The lowest BCUT2D eigenvalue weighted by Gasteiger charge is -2.38. The third kappa shape index (κ3) is 3.55. The Bertz CT molecular complexity index is 419. The average Bonchev–Trinajstić information content (AvgIpc) is 2.38. The maximum Gasteiger partial charge on any atom is 0.123 e. The Balaban J connectivity index is 2.20. The van der Waals surface area contributed by atoms with E-state index in [4.69, 9.17) is 10.5 Å². The van der Waals surface area contributed by atoms with Crippen LogP contribution >= 0.6 is 0 Å². The van der Waals surface area contributed by atoms with Crippen molar-refractivity contribution < 1.29 is 4.74 Å². The summed E-state index contributed by atoms with van der Waals surface area (Å²) in [6, 6.07) is 6.68. The zero-order valence-corrected chi connectivity index (χ0v) is 12.4. The molecule has 2 atom stereocenters. The molecule has 1 aliphatic heterocycles. The van der Waals surface area contributed by atoms with Gasteiger partial charge in [0.25, 0.3) is 0 Å². The molecule has 106 valence electrons. The summed E-state index contributed by atoms with van der Waals surface area (Å²) in [4.78, 5) is 2.46. The van der Waals surface area contributed by atoms with E-state index in [1.165, 1.54) is 18.5 Å². The quantitative estimate of drug-likeness (QED) is 0.841. The summed E-state index contributed by atoms with van der Waals surface area (Å²) < 4.78 is 5.72. The van der Waals surface area contributed by atoms with E-state index in [1.54, 1.807) is 0 Å². The highest BCUT2D eigenvalue weighted by Crippen LogP contribution is 2.31. The van der Waals surface area contributed by atoms with E-state index in [-0.39, 0.29) is 0 Å². The monoisotopic (exact) mass is 262 g/mol. The Labute approximate surface area is 116 Å². The van der Waals surface area contributed by atoms with Crippen molar-refractivity contribution >= 4 is 11.4 Å². The van der Waals surface area contributed by atoms with Gasteiger partial charge in [-0.3, -0.25) is 0 Å². The van der Waals surface area contributed by atoms with Crippen molar-refractivity contribution in [2.75, 3.05) is 23.8 Å². The van der Waals surface area contributed by atoms with Crippen LogP contribution in [0.4, 0.5) is 11.4 Å². The summed E-state index contributed by atoms with van der Waals surface area (Å²) in [7, 11) is 0. The van der Waals surface area contributed by atoms with Gasteiger partial charge in [0.15, 0.2) is 0 Å². The first kappa shape index (κ1) is 14.0. The van der Waals surface area contributed by atoms with Crippen molar-refractivity contribution in [2.24, 2.45) is 5.92 Å². The van der Waals surface area contributed by atoms with E-state index >= 15 is 0 Å². The molecule has 1 aromatic carbocycles. The molecule has 1 aromatic rings. The van der Waals surface area contributed by atoms with Gasteiger partial charge >= 0.3 is 0 Å². The van der Waals surface area contributed by atoms with Crippen LogP contribution in [0.3, 0.4) is 0 Å². The maximum atomic E-state index is 6.01. The third-order valence-corrected chi connectivity index (χ3v) is 3.84. The number of hydrogen-bond acceptors (Lipinski definition) is 3. The van der Waals surface area contributed by atoms with E-state index in [0.29, 0.717) is 6.04 Å². The van der Waals surface area contributed by atoms with E-state index in [9.17, 15) is 0 Å². The highest BCUT2D eigenvalue weighted by atomic mass is 16.5. The van der Waals surface area contributed by atoms with Gasteiger partial charge in [-0.2, -0.15) is 0 Å². The summed E-state index contributed by atoms with van der Waals surface area (Å²) in [5, 5.41) is 0. The minimum atomic E-state index is 0.581. The van der Waals surface area contributed by atoms with Gasteiger partial charge in [0.05, 0.1) is 6.61 Å². The average molecular weight is 262 g/mol. The van der Waals surface area contributed by atoms with Crippen molar-refractivity contribution in [2.45, 2.75) is 46.1 Å². The topological polar surface area (TPSA) is 38.5 Å². The SMILES string of the molecule is CCCOc1cc(N)cc(N2CC(C)CCC2C)c1. The summed E-state index contributed by atoms with van der Waals surface area (Å²) in [6.45, 7) is 8.58. The van der Waals surface area contributed by atoms with Gasteiger partial charge in [0.1, 0.15) is 5.75 Å². The number of piperidine rings is 1. The summed E-state index contributed by atoms with van der Waals surface area (Å²) >= 11 is 0. The highest BCUT2D eigenvalue weighted by Gasteiger charge is 2.23. The van der Waals surface area contributed by atoms with E-state index < -0.39 is 0 Å². The molecule has 2 rings (SSSR count). The van der Waals surface area contributed by atoms with Gasteiger partial charge < -0.3 is 15.4 Å².